The topological polar surface area (TPSA) is 22.1 Å². The van der Waals surface area contributed by atoms with Crippen LogP contribution in [-0.2, 0) is 6.42 Å². The van der Waals surface area contributed by atoms with Gasteiger partial charge in [-0.15, -0.1) is 0 Å². The maximum absolute atomic E-state index is 5.24. The quantitative estimate of drug-likeness (QED) is 0.613. The molecule has 13 heavy (non-hydrogen) atoms. The molecule has 1 aliphatic rings. The van der Waals surface area contributed by atoms with E-state index in [-0.39, 0.29) is 0 Å². The molecule has 2 nitrogen and oxygen atoms in total. The largest absolute Gasteiger partial charge is 0.491 e. The third kappa shape index (κ3) is 3.45. The summed E-state index contributed by atoms with van der Waals surface area (Å²) in [5.41, 5.74) is 1.09. The van der Waals surface area contributed by atoms with Gasteiger partial charge < -0.3 is 4.74 Å². The standard InChI is InChI=1S/C7H7NO.2C2H6/c1-2-7-6(8-4-1)3-5-9-7;2*1-2/h1-2,4H,3,5H2;2*1-2H3. The van der Waals surface area contributed by atoms with Crippen molar-refractivity contribution in [2.75, 3.05) is 6.61 Å². The van der Waals surface area contributed by atoms with Crippen molar-refractivity contribution in [2.45, 2.75) is 34.1 Å². The summed E-state index contributed by atoms with van der Waals surface area (Å²) in [4.78, 5) is 4.13. The third-order valence-corrected chi connectivity index (χ3v) is 1.44. The first kappa shape index (κ1) is 11.9. The predicted octanol–water partition coefficient (Wildman–Crippen LogP) is 3.07. The Hall–Kier alpha value is -1.05. The van der Waals surface area contributed by atoms with E-state index in [2.05, 4.69) is 4.98 Å². The number of fused-ring (bicyclic) bond motifs is 1. The fraction of sp³-hybridized carbons (Fsp3) is 0.545. The van der Waals surface area contributed by atoms with E-state index in [9.17, 15) is 0 Å². The number of hydrogen-bond donors (Lipinski definition) is 0. The van der Waals surface area contributed by atoms with Gasteiger partial charge in [0.25, 0.3) is 0 Å². The molecule has 0 saturated carbocycles. The zero-order valence-electron chi connectivity index (χ0n) is 9.00. The van der Waals surface area contributed by atoms with Crippen LogP contribution >= 0.6 is 0 Å². The zero-order chi connectivity index (χ0) is 10.1. The van der Waals surface area contributed by atoms with Gasteiger partial charge in [-0.25, -0.2) is 0 Å². The van der Waals surface area contributed by atoms with Gasteiger partial charge >= 0.3 is 0 Å². The van der Waals surface area contributed by atoms with E-state index in [4.69, 9.17) is 4.74 Å². The lowest BCUT2D eigenvalue weighted by Crippen LogP contribution is -1.86. The Morgan fingerprint density at radius 1 is 1.23 bits per heavy atom. The molecule has 0 spiro atoms. The van der Waals surface area contributed by atoms with Crippen LogP contribution in [0.4, 0.5) is 0 Å². The fourth-order valence-corrected chi connectivity index (χ4v) is 1.00. The molecule has 0 N–H and O–H groups in total. The average molecular weight is 181 g/mol. The molecule has 0 atom stereocenters. The molecule has 0 fully saturated rings. The highest BCUT2D eigenvalue weighted by molar-refractivity contribution is 5.29. The molecule has 0 aliphatic carbocycles. The smallest absolute Gasteiger partial charge is 0.140 e. The molecule has 0 unspecified atom stereocenters. The molecule has 1 aliphatic heterocycles. The van der Waals surface area contributed by atoms with Crippen molar-refractivity contribution >= 4 is 0 Å². The van der Waals surface area contributed by atoms with Crippen molar-refractivity contribution in [3.63, 3.8) is 0 Å². The Kier molecular flexibility index (Phi) is 6.98. The summed E-state index contributed by atoms with van der Waals surface area (Å²) in [5.74, 6) is 0.956. The van der Waals surface area contributed by atoms with Crippen LogP contribution in [0.15, 0.2) is 18.3 Å². The van der Waals surface area contributed by atoms with Gasteiger partial charge in [-0.05, 0) is 12.1 Å². The molecule has 74 valence electrons. The monoisotopic (exact) mass is 181 g/mol. The number of aromatic nitrogens is 1. The lowest BCUT2D eigenvalue weighted by molar-refractivity contribution is 0.357. The number of pyridine rings is 1. The Balaban J connectivity index is 0.000000322. The average Bonchev–Trinajstić information content (AvgIpc) is 2.71. The van der Waals surface area contributed by atoms with E-state index < -0.39 is 0 Å². The minimum Gasteiger partial charge on any atom is -0.491 e. The highest BCUT2D eigenvalue weighted by Gasteiger charge is 2.10. The van der Waals surface area contributed by atoms with Gasteiger partial charge in [0.2, 0.25) is 0 Å². The Morgan fingerprint density at radius 2 is 1.92 bits per heavy atom. The molecule has 0 saturated heterocycles. The van der Waals surface area contributed by atoms with Crippen molar-refractivity contribution in [1.82, 2.24) is 4.98 Å². The first-order valence-electron chi connectivity index (χ1n) is 5.03. The van der Waals surface area contributed by atoms with Crippen LogP contribution in [0.5, 0.6) is 5.75 Å². The van der Waals surface area contributed by atoms with E-state index in [0.29, 0.717) is 0 Å². The van der Waals surface area contributed by atoms with Gasteiger partial charge in [-0.3, -0.25) is 4.98 Å². The maximum Gasteiger partial charge on any atom is 0.140 e. The van der Waals surface area contributed by atoms with Gasteiger partial charge in [0.15, 0.2) is 0 Å². The summed E-state index contributed by atoms with van der Waals surface area (Å²) in [6.07, 6.45) is 2.77. The second kappa shape index (κ2) is 7.59. The Bertz CT molecular complexity index is 200. The van der Waals surface area contributed by atoms with Crippen molar-refractivity contribution in [2.24, 2.45) is 0 Å². The summed E-state index contributed by atoms with van der Waals surface area (Å²) in [5, 5.41) is 0. The number of nitrogens with zero attached hydrogens (tertiary/aromatic N) is 1. The van der Waals surface area contributed by atoms with Gasteiger partial charge in [0.05, 0.1) is 12.3 Å². The van der Waals surface area contributed by atoms with E-state index in [1.54, 1.807) is 6.20 Å². The molecular formula is C11H19NO. The van der Waals surface area contributed by atoms with Gasteiger partial charge in [0.1, 0.15) is 5.75 Å². The van der Waals surface area contributed by atoms with E-state index in [1.807, 2.05) is 39.8 Å². The zero-order valence-corrected chi connectivity index (χ0v) is 9.00. The van der Waals surface area contributed by atoms with Crippen LogP contribution in [0, 0.1) is 0 Å². The SMILES string of the molecule is CC.CC.c1cnc2c(c1)OCC2. The molecule has 2 rings (SSSR count). The summed E-state index contributed by atoms with van der Waals surface area (Å²) in [7, 11) is 0. The minimum absolute atomic E-state index is 0.798. The number of ether oxygens (including phenoxy) is 1. The Labute approximate surface area is 81.0 Å². The molecule has 0 radical (unpaired) electrons. The summed E-state index contributed by atoms with van der Waals surface area (Å²) < 4.78 is 5.24. The first-order valence-corrected chi connectivity index (χ1v) is 5.03. The van der Waals surface area contributed by atoms with Crippen molar-refractivity contribution < 1.29 is 4.74 Å². The summed E-state index contributed by atoms with van der Waals surface area (Å²) in [6, 6.07) is 3.85. The van der Waals surface area contributed by atoms with E-state index in [1.165, 1.54) is 0 Å². The van der Waals surface area contributed by atoms with Gasteiger partial charge in [0, 0.05) is 12.6 Å². The van der Waals surface area contributed by atoms with Crippen molar-refractivity contribution in [3.8, 4) is 5.75 Å². The second-order valence-corrected chi connectivity index (χ2v) is 2.05. The molecular weight excluding hydrogens is 162 g/mol. The molecule has 2 heteroatoms. The Morgan fingerprint density at radius 3 is 2.54 bits per heavy atom. The summed E-state index contributed by atoms with van der Waals surface area (Å²) >= 11 is 0. The van der Waals surface area contributed by atoms with Crippen LogP contribution in [-0.4, -0.2) is 11.6 Å². The normalized spacial score (nSPS) is 11.1. The lowest BCUT2D eigenvalue weighted by atomic mass is 10.3. The lowest BCUT2D eigenvalue weighted by Gasteiger charge is -1.92. The number of rotatable bonds is 0. The van der Waals surface area contributed by atoms with Crippen LogP contribution in [0.25, 0.3) is 0 Å². The minimum atomic E-state index is 0.798. The van der Waals surface area contributed by atoms with Gasteiger partial charge in [-0.1, -0.05) is 27.7 Å². The van der Waals surface area contributed by atoms with Gasteiger partial charge in [-0.2, -0.15) is 0 Å². The molecule has 0 amide bonds. The van der Waals surface area contributed by atoms with Crippen molar-refractivity contribution in [1.29, 1.82) is 0 Å². The maximum atomic E-state index is 5.24. The fourth-order valence-electron chi connectivity index (χ4n) is 1.00. The van der Waals surface area contributed by atoms with Crippen LogP contribution < -0.4 is 4.74 Å². The number of hydrogen-bond acceptors (Lipinski definition) is 2. The van der Waals surface area contributed by atoms with Crippen LogP contribution in [0.2, 0.25) is 0 Å². The molecule has 1 aromatic rings. The van der Waals surface area contributed by atoms with Crippen LogP contribution in [0.1, 0.15) is 33.4 Å². The molecule has 2 heterocycles. The van der Waals surface area contributed by atoms with E-state index >= 15 is 0 Å². The third-order valence-electron chi connectivity index (χ3n) is 1.44. The van der Waals surface area contributed by atoms with Crippen molar-refractivity contribution in [3.05, 3.63) is 24.0 Å². The highest BCUT2D eigenvalue weighted by Crippen LogP contribution is 2.20. The first-order chi connectivity index (χ1) is 6.47. The molecule has 1 aromatic heterocycles. The highest BCUT2D eigenvalue weighted by atomic mass is 16.5. The second-order valence-electron chi connectivity index (χ2n) is 2.05. The van der Waals surface area contributed by atoms with E-state index in [0.717, 1.165) is 24.5 Å². The summed E-state index contributed by atoms with van der Waals surface area (Å²) in [6.45, 7) is 8.80. The van der Waals surface area contributed by atoms with Crippen LogP contribution in [0.3, 0.4) is 0 Å². The molecule has 0 bridgehead atoms. The molecule has 0 aromatic carbocycles. The predicted molar refractivity (Wildman–Crippen MR) is 56.1 cm³/mol.